The van der Waals surface area contributed by atoms with Crippen molar-refractivity contribution < 1.29 is 0 Å². The van der Waals surface area contributed by atoms with Crippen LogP contribution in [0.25, 0.3) is 111 Å². The number of benzene rings is 9. The number of nitrogens with zero attached hydrogens (tertiary/aromatic N) is 14. The van der Waals surface area contributed by atoms with Crippen LogP contribution in [0, 0.1) is 116 Å². The molecule has 0 aliphatic carbocycles. The normalized spacial score (nSPS) is 10.7. The molecular formula is C68H32N14. The molecule has 0 bridgehead atoms. The van der Waals surface area contributed by atoms with Crippen LogP contribution >= 0.6 is 0 Å². The van der Waals surface area contributed by atoms with Gasteiger partial charge in [-0.25, -0.2) is 15.0 Å². The summed E-state index contributed by atoms with van der Waals surface area (Å²) in [4.78, 5) is 14.0. The van der Waals surface area contributed by atoms with Gasteiger partial charge in [-0.1, -0.05) is 48.5 Å². The van der Waals surface area contributed by atoms with E-state index in [4.69, 9.17) is 9.97 Å². The molecule has 0 saturated carbocycles. The van der Waals surface area contributed by atoms with Crippen molar-refractivity contribution in [2.45, 2.75) is 13.8 Å². The van der Waals surface area contributed by atoms with Crippen LogP contribution in [0.15, 0.2) is 158 Å². The molecule has 12 rings (SSSR count). The van der Waals surface area contributed by atoms with Gasteiger partial charge in [-0.2, -0.15) is 47.4 Å². The van der Waals surface area contributed by atoms with E-state index in [0.717, 1.165) is 21.5 Å². The molecule has 82 heavy (non-hydrogen) atoms. The van der Waals surface area contributed by atoms with E-state index in [1.54, 1.807) is 68.4 Å². The van der Waals surface area contributed by atoms with Gasteiger partial charge < -0.3 is 9.13 Å². The minimum Gasteiger partial charge on any atom is -0.307 e. The second kappa shape index (κ2) is 19.9. The minimum absolute atomic E-state index is 0.212. The Morgan fingerprint density at radius 1 is 0.280 bits per heavy atom. The van der Waals surface area contributed by atoms with Crippen molar-refractivity contribution in [3.63, 3.8) is 0 Å². The summed E-state index contributed by atoms with van der Waals surface area (Å²) in [5, 5.41) is 95.4. The molecule has 0 atom stereocenters. The fourth-order valence-corrected chi connectivity index (χ4v) is 10.9. The van der Waals surface area contributed by atoms with Crippen molar-refractivity contribution in [3.05, 3.63) is 219 Å². The molecule has 0 radical (unpaired) electrons. The second-order valence-corrected chi connectivity index (χ2v) is 19.4. The number of hydrogen-bond donors (Lipinski definition) is 0. The Kier molecular flexibility index (Phi) is 12.1. The van der Waals surface area contributed by atoms with E-state index in [9.17, 15) is 47.4 Å². The molecule has 0 spiro atoms. The summed E-state index contributed by atoms with van der Waals surface area (Å²) >= 11 is 0. The van der Waals surface area contributed by atoms with Crippen molar-refractivity contribution in [2.75, 3.05) is 0 Å². The van der Waals surface area contributed by atoms with Crippen LogP contribution in [0.1, 0.15) is 61.7 Å². The van der Waals surface area contributed by atoms with E-state index in [2.05, 4.69) is 68.7 Å². The van der Waals surface area contributed by atoms with Crippen LogP contribution in [0.2, 0.25) is 0 Å². The van der Waals surface area contributed by atoms with Gasteiger partial charge in [-0.05, 0) is 168 Å². The van der Waals surface area contributed by atoms with Gasteiger partial charge in [0.2, 0.25) is 0 Å². The minimum atomic E-state index is 0.212. The summed E-state index contributed by atoms with van der Waals surface area (Å²) in [7, 11) is 0. The van der Waals surface area contributed by atoms with E-state index in [-0.39, 0.29) is 11.4 Å². The molecule has 0 unspecified atom stereocenters. The molecule has 0 amide bonds. The Bertz CT molecular complexity index is 4850. The number of nitriles is 9. The van der Waals surface area contributed by atoms with Gasteiger partial charge in [0.05, 0.1) is 138 Å². The highest BCUT2D eigenvalue weighted by Crippen LogP contribution is 2.44. The fraction of sp³-hybridized carbons (Fsp3) is 0.0294. The average molecular weight is 1050 g/mol. The van der Waals surface area contributed by atoms with E-state index in [0.29, 0.717) is 140 Å². The van der Waals surface area contributed by atoms with E-state index in [1.165, 1.54) is 24.3 Å². The lowest BCUT2D eigenvalue weighted by Crippen LogP contribution is -2.07. The van der Waals surface area contributed by atoms with Crippen LogP contribution < -0.4 is 0 Å². The van der Waals surface area contributed by atoms with Gasteiger partial charge >= 0.3 is 0 Å². The zero-order valence-corrected chi connectivity index (χ0v) is 43.3. The fourth-order valence-electron chi connectivity index (χ4n) is 10.9. The molecule has 3 aromatic heterocycles. The number of aromatic nitrogens is 5. The number of fused-ring (bicyclic) bond motifs is 6. The third kappa shape index (κ3) is 8.53. The van der Waals surface area contributed by atoms with Gasteiger partial charge in [0.1, 0.15) is 11.6 Å². The predicted molar refractivity (Wildman–Crippen MR) is 308 cm³/mol. The van der Waals surface area contributed by atoms with Crippen molar-refractivity contribution in [3.8, 4) is 122 Å². The molecule has 0 fully saturated rings. The highest BCUT2D eigenvalue weighted by atomic mass is 15.1. The highest BCUT2D eigenvalue weighted by Gasteiger charge is 2.25. The van der Waals surface area contributed by atoms with Crippen molar-refractivity contribution >= 4 is 43.6 Å². The standard InChI is InChI=1S/C68H32N14/c1-38-78-39(2)80-68(79-38)61-28-67(82-64-25-50(54-19-44(33-73)13-45(20-54)34-74)5-9-59(64)60-10-6-51(26-65(60)82)55-21-46(35-75)14-47(22-55)36-76)66(27-56(61)37-77)81-62-23-48(52-15-40(29-69)11-41(16-52)30-70)3-7-57(62)58-8-4-49(24-63(58)81)53-17-42(31-71)12-43(18-53)32-72/h3-28H,1-2H3. The SMILES string of the molecule is Cc1nc(C)nc(-c2cc(-n3c4cc(-c5cc(C#N)cc(C#N)c5)ccc4c4ccc(-c5cc(C#N)cc(C#N)c5)cc43)c(-n3c4cc(-c5cc(C#N)cc(C#N)c5)ccc4c4ccc(-c5cc(C#N)cc(C#N)c5)cc43)cc2C#N)n1. The van der Waals surface area contributed by atoms with Gasteiger partial charge in [0.25, 0.3) is 0 Å². The monoisotopic (exact) mass is 1040 g/mol. The summed E-state index contributed by atoms with van der Waals surface area (Å²) in [5.41, 5.74) is 11.9. The van der Waals surface area contributed by atoms with Crippen LogP contribution in [-0.2, 0) is 0 Å². The molecule has 0 N–H and O–H groups in total. The first-order valence-electron chi connectivity index (χ1n) is 25.2. The summed E-state index contributed by atoms with van der Waals surface area (Å²) < 4.78 is 4.13. The lowest BCUT2D eigenvalue weighted by molar-refractivity contribution is 0.927. The zero-order chi connectivity index (χ0) is 56.9. The van der Waals surface area contributed by atoms with Crippen LogP contribution in [0.3, 0.4) is 0 Å². The van der Waals surface area contributed by atoms with E-state index >= 15 is 0 Å². The molecule has 9 aromatic carbocycles. The second-order valence-electron chi connectivity index (χ2n) is 19.4. The molecule has 0 aliphatic rings. The topological polar surface area (TPSA) is 263 Å². The Balaban J connectivity index is 1.28. The third-order valence-electron chi connectivity index (χ3n) is 14.4. The first kappa shape index (κ1) is 49.9. The van der Waals surface area contributed by atoms with Crippen molar-refractivity contribution in [1.29, 1.82) is 47.4 Å². The molecule has 0 saturated heterocycles. The third-order valence-corrected chi connectivity index (χ3v) is 14.4. The smallest absolute Gasteiger partial charge is 0.164 e. The average Bonchev–Trinajstić information content (AvgIpc) is 4.26. The summed E-state index contributed by atoms with van der Waals surface area (Å²) in [6.07, 6.45) is 0. The molecule has 14 nitrogen and oxygen atoms in total. The maximum atomic E-state index is 11.4. The Morgan fingerprint density at radius 3 is 0.805 bits per heavy atom. The maximum absolute atomic E-state index is 11.4. The molecule has 14 heteroatoms. The highest BCUT2D eigenvalue weighted by molar-refractivity contribution is 6.14. The van der Waals surface area contributed by atoms with Gasteiger partial charge in [-0.15, -0.1) is 0 Å². The lowest BCUT2D eigenvalue weighted by atomic mass is 9.98. The Labute approximate surface area is 468 Å². The van der Waals surface area contributed by atoms with Crippen molar-refractivity contribution in [2.24, 2.45) is 0 Å². The molecule has 0 aliphatic heterocycles. The summed E-state index contributed by atoms with van der Waals surface area (Å²) in [6.45, 7) is 3.50. The van der Waals surface area contributed by atoms with E-state index < -0.39 is 0 Å². The zero-order valence-electron chi connectivity index (χ0n) is 43.3. The van der Waals surface area contributed by atoms with Gasteiger partial charge in [0.15, 0.2) is 5.82 Å². The number of aryl methyl sites for hydroxylation is 2. The first-order valence-corrected chi connectivity index (χ1v) is 25.2. The Morgan fingerprint density at radius 2 is 0.549 bits per heavy atom. The number of hydrogen-bond acceptors (Lipinski definition) is 12. The van der Waals surface area contributed by atoms with Gasteiger partial charge in [0, 0.05) is 27.1 Å². The molecule has 3 heterocycles. The number of rotatable bonds is 7. The van der Waals surface area contributed by atoms with Crippen LogP contribution in [0.4, 0.5) is 0 Å². The molecule has 374 valence electrons. The van der Waals surface area contributed by atoms with Crippen molar-refractivity contribution in [1.82, 2.24) is 24.1 Å². The predicted octanol–water partition coefficient (Wildman–Crippen LogP) is 13.9. The first-order chi connectivity index (χ1) is 39.9. The lowest BCUT2D eigenvalue weighted by Gasteiger charge is -2.20. The molecular weight excluding hydrogens is 1010 g/mol. The summed E-state index contributed by atoms with van der Waals surface area (Å²) in [6, 6.07) is 67.1. The molecule has 12 aromatic rings. The van der Waals surface area contributed by atoms with Crippen LogP contribution in [-0.4, -0.2) is 24.1 Å². The van der Waals surface area contributed by atoms with Crippen LogP contribution in [0.5, 0.6) is 0 Å². The largest absolute Gasteiger partial charge is 0.307 e. The quantitative estimate of drug-likeness (QED) is 0.144. The Hall–Kier alpha value is -13.0. The van der Waals surface area contributed by atoms with E-state index in [1.807, 2.05) is 78.9 Å². The maximum Gasteiger partial charge on any atom is 0.164 e. The summed E-state index contributed by atoms with van der Waals surface area (Å²) in [5.74, 6) is 1.10. The van der Waals surface area contributed by atoms with Gasteiger partial charge in [-0.3, -0.25) is 0 Å².